The van der Waals surface area contributed by atoms with E-state index < -0.39 is 11.4 Å². The number of nitrogens with one attached hydrogen (secondary N) is 1. The Morgan fingerprint density at radius 3 is 2.69 bits per heavy atom. The SMILES string of the molecule is O=C(O)C1(CNCCc2ccncc2)CC1. The second-order valence-corrected chi connectivity index (χ2v) is 4.37. The van der Waals surface area contributed by atoms with Crippen LogP contribution in [-0.4, -0.2) is 29.1 Å². The Balaban J connectivity index is 1.68. The van der Waals surface area contributed by atoms with Crippen molar-refractivity contribution >= 4 is 5.97 Å². The second-order valence-electron chi connectivity index (χ2n) is 4.37. The van der Waals surface area contributed by atoms with E-state index in [1.807, 2.05) is 12.1 Å². The summed E-state index contributed by atoms with van der Waals surface area (Å²) in [6, 6.07) is 3.96. The van der Waals surface area contributed by atoms with Crippen molar-refractivity contribution in [2.75, 3.05) is 13.1 Å². The molecule has 0 radical (unpaired) electrons. The molecule has 0 unspecified atom stereocenters. The summed E-state index contributed by atoms with van der Waals surface area (Å²) in [6.45, 7) is 1.41. The van der Waals surface area contributed by atoms with Crippen molar-refractivity contribution in [3.8, 4) is 0 Å². The first-order valence-electron chi connectivity index (χ1n) is 5.56. The average Bonchev–Trinajstić information content (AvgIpc) is 3.07. The van der Waals surface area contributed by atoms with Crippen LogP contribution in [0.25, 0.3) is 0 Å². The van der Waals surface area contributed by atoms with Gasteiger partial charge in [-0.1, -0.05) is 0 Å². The van der Waals surface area contributed by atoms with Gasteiger partial charge in [0.2, 0.25) is 0 Å². The van der Waals surface area contributed by atoms with Crippen LogP contribution >= 0.6 is 0 Å². The second kappa shape index (κ2) is 4.61. The van der Waals surface area contributed by atoms with Crippen LogP contribution in [0.4, 0.5) is 0 Å². The molecular weight excluding hydrogens is 204 g/mol. The van der Waals surface area contributed by atoms with Gasteiger partial charge in [0.1, 0.15) is 0 Å². The zero-order chi connectivity index (χ0) is 11.4. The summed E-state index contributed by atoms with van der Waals surface area (Å²) in [5.41, 5.74) is 0.765. The number of aliphatic carboxylic acids is 1. The van der Waals surface area contributed by atoms with E-state index >= 15 is 0 Å². The molecule has 86 valence electrons. The highest BCUT2D eigenvalue weighted by Crippen LogP contribution is 2.45. The van der Waals surface area contributed by atoms with Crippen LogP contribution in [0, 0.1) is 5.41 Å². The van der Waals surface area contributed by atoms with Gasteiger partial charge in [-0.2, -0.15) is 0 Å². The van der Waals surface area contributed by atoms with Crippen LogP contribution in [0.5, 0.6) is 0 Å². The number of rotatable bonds is 6. The minimum atomic E-state index is -0.663. The van der Waals surface area contributed by atoms with Gasteiger partial charge >= 0.3 is 5.97 Å². The molecule has 1 aliphatic carbocycles. The number of pyridine rings is 1. The van der Waals surface area contributed by atoms with Gasteiger partial charge in [-0.3, -0.25) is 9.78 Å². The first-order valence-corrected chi connectivity index (χ1v) is 5.56. The van der Waals surface area contributed by atoms with E-state index in [9.17, 15) is 4.79 Å². The lowest BCUT2D eigenvalue weighted by Crippen LogP contribution is -2.31. The highest BCUT2D eigenvalue weighted by Gasteiger charge is 2.49. The number of nitrogens with zero attached hydrogens (tertiary/aromatic N) is 1. The van der Waals surface area contributed by atoms with Gasteiger partial charge in [-0.05, 0) is 43.5 Å². The molecule has 1 saturated carbocycles. The van der Waals surface area contributed by atoms with Gasteiger partial charge in [0, 0.05) is 18.9 Å². The molecule has 0 aliphatic heterocycles. The lowest BCUT2D eigenvalue weighted by Gasteiger charge is -2.10. The summed E-state index contributed by atoms with van der Waals surface area (Å²) in [7, 11) is 0. The van der Waals surface area contributed by atoms with Crippen LogP contribution in [-0.2, 0) is 11.2 Å². The quantitative estimate of drug-likeness (QED) is 0.704. The summed E-state index contributed by atoms with van der Waals surface area (Å²) in [5.74, 6) is -0.663. The predicted octanol–water partition coefficient (Wildman–Crippen LogP) is 1.08. The van der Waals surface area contributed by atoms with E-state index in [1.54, 1.807) is 12.4 Å². The van der Waals surface area contributed by atoms with E-state index in [0.29, 0.717) is 6.54 Å². The van der Waals surface area contributed by atoms with Crippen molar-refractivity contribution in [2.45, 2.75) is 19.3 Å². The maximum absolute atomic E-state index is 10.9. The molecule has 1 heterocycles. The topological polar surface area (TPSA) is 62.2 Å². The summed E-state index contributed by atoms with van der Waals surface area (Å²) < 4.78 is 0. The third-order valence-corrected chi connectivity index (χ3v) is 3.11. The predicted molar refractivity (Wildman–Crippen MR) is 60.1 cm³/mol. The third kappa shape index (κ3) is 2.58. The molecule has 0 aromatic carbocycles. The minimum Gasteiger partial charge on any atom is -0.481 e. The first kappa shape index (κ1) is 11.1. The molecule has 1 aromatic heterocycles. The molecule has 16 heavy (non-hydrogen) atoms. The monoisotopic (exact) mass is 220 g/mol. The fraction of sp³-hybridized carbons (Fsp3) is 0.500. The molecule has 0 atom stereocenters. The Bertz CT molecular complexity index is 361. The standard InChI is InChI=1S/C12H16N2O2/c15-11(16)12(4-5-12)9-14-8-3-10-1-6-13-7-2-10/h1-2,6-7,14H,3-5,8-9H2,(H,15,16). The molecule has 4 heteroatoms. The van der Waals surface area contributed by atoms with E-state index in [0.717, 1.165) is 25.8 Å². The van der Waals surface area contributed by atoms with Crippen LogP contribution in [0.15, 0.2) is 24.5 Å². The summed E-state index contributed by atoms with van der Waals surface area (Å²) in [6.07, 6.45) is 6.08. The number of carboxylic acids is 1. The Morgan fingerprint density at radius 2 is 2.12 bits per heavy atom. The Hall–Kier alpha value is -1.42. The number of carbonyl (C=O) groups is 1. The van der Waals surface area contributed by atoms with Gasteiger partial charge < -0.3 is 10.4 Å². The fourth-order valence-corrected chi connectivity index (χ4v) is 1.73. The number of aromatic nitrogens is 1. The lowest BCUT2D eigenvalue weighted by atomic mass is 10.1. The molecule has 4 nitrogen and oxygen atoms in total. The van der Waals surface area contributed by atoms with Crippen LogP contribution in [0.3, 0.4) is 0 Å². The Kier molecular flexibility index (Phi) is 3.19. The molecule has 2 rings (SSSR count). The summed E-state index contributed by atoms with van der Waals surface area (Å²) >= 11 is 0. The van der Waals surface area contributed by atoms with Crippen molar-refractivity contribution in [1.82, 2.24) is 10.3 Å². The number of carboxylic acid groups (broad SMARTS) is 1. The normalized spacial score (nSPS) is 17.0. The maximum Gasteiger partial charge on any atom is 0.310 e. The van der Waals surface area contributed by atoms with Gasteiger partial charge in [-0.25, -0.2) is 0 Å². The van der Waals surface area contributed by atoms with Gasteiger partial charge in [0.15, 0.2) is 0 Å². The maximum atomic E-state index is 10.9. The molecule has 0 amide bonds. The van der Waals surface area contributed by atoms with E-state index in [4.69, 9.17) is 5.11 Å². The molecule has 0 spiro atoms. The van der Waals surface area contributed by atoms with Crippen molar-refractivity contribution in [3.05, 3.63) is 30.1 Å². The van der Waals surface area contributed by atoms with E-state index in [1.165, 1.54) is 5.56 Å². The summed E-state index contributed by atoms with van der Waals surface area (Å²) in [5, 5.41) is 12.2. The Labute approximate surface area is 94.7 Å². The zero-order valence-corrected chi connectivity index (χ0v) is 9.15. The van der Waals surface area contributed by atoms with Crippen molar-refractivity contribution in [1.29, 1.82) is 0 Å². The molecule has 1 fully saturated rings. The lowest BCUT2D eigenvalue weighted by molar-refractivity contribution is -0.143. The summed E-state index contributed by atoms with van der Waals surface area (Å²) in [4.78, 5) is 14.8. The number of hydrogen-bond acceptors (Lipinski definition) is 3. The first-order chi connectivity index (χ1) is 7.73. The molecule has 0 saturated heterocycles. The largest absolute Gasteiger partial charge is 0.481 e. The molecule has 2 N–H and O–H groups in total. The molecule has 1 aliphatic rings. The molecule has 1 aromatic rings. The molecule has 0 bridgehead atoms. The van der Waals surface area contributed by atoms with Crippen molar-refractivity contribution in [2.24, 2.45) is 5.41 Å². The third-order valence-electron chi connectivity index (χ3n) is 3.11. The van der Waals surface area contributed by atoms with Crippen LogP contribution in [0.2, 0.25) is 0 Å². The highest BCUT2D eigenvalue weighted by atomic mass is 16.4. The average molecular weight is 220 g/mol. The fourth-order valence-electron chi connectivity index (χ4n) is 1.73. The van der Waals surface area contributed by atoms with Gasteiger partial charge in [-0.15, -0.1) is 0 Å². The smallest absolute Gasteiger partial charge is 0.310 e. The number of hydrogen-bond donors (Lipinski definition) is 2. The van der Waals surface area contributed by atoms with Crippen molar-refractivity contribution in [3.63, 3.8) is 0 Å². The van der Waals surface area contributed by atoms with E-state index in [-0.39, 0.29) is 0 Å². The van der Waals surface area contributed by atoms with Gasteiger partial charge in [0.25, 0.3) is 0 Å². The van der Waals surface area contributed by atoms with Crippen LogP contribution in [0.1, 0.15) is 18.4 Å². The zero-order valence-electron chi connectivity index (χ0n) is 9.15. The van der Waals surface area contributed by atoms with Crippen LogP contribution < -0.4 is 5.32 Å². The molecular formula is C12H16N2O2. The van der Waals surface area contributed by atoms with Crippen molar-refractivity contribution < 1.29 is 9.90 Å². The minimum absolute atomic E-state index is 0.460. The Morgan fingerprint density at radius 1 is 1.44 bits per heavy atom. The van der Waals surface area contributed by atoms with Gasteiger partial charge in [0.05, 0.1) is 5.41 Å². The van der Waals surface area contributed by atoms with E-state index in [2.05, 4.69) is 10.3 Å². The highest BCUT2D eigenvalue weighted by molar-refractivity contribution is 5.78.